The van der Waals surface area contributed by atoms with Crippen LogP contribution in [0.4, 0.5) is 0 Å². The summed E-state index contributed by atoms with van der Waals surface area (Å²) in [6.45, 7) is 0. The topological polar surface area (TPSA) is 51.1 Å². The van der Waals surface area contributed by atoms with E-state index < -0.39 is 10.0 Å². The van der Waals surface area contributed by atoms with Crippen molar-refractivity contribution in [3.8, 4) is 5.69 Å². The molecule has 1 N–H and O–H groups in total. The van der Waals surface area contributed by atoms with E-state index in [2.05, 4.69) is 4.72 Å². The summed E-state index contributed by atoms with van der Waals surface area (Å²) in [6.07, 6.45) is 1.94. The molecule has 0 saturated carbocycles. The molecule has 3 aromatic rings. The fourth-order valence-corrected chi connectivity index (χ4v) is 3.00. The van der Waals surface area contributed by atoms with Crippen LogP contribution in [0.5, 0.6) is 0 Å². The molecule has 0 bridgehead atoms. The van der Waals surface area contributed by atoms with Gasteiger partial charge in [0.1, 0.15) is 0 Å². The fourth-order valence-electron chi connectivity index (χ4n) is 2.23. The van der Waals surface area contributed by atoms with Crippen molar-refractivity contribution in [1.82, 2.24) is 9.29 Å². The van der Waals surface area contributed by atoms with Gasteiger partial charge in [0.25, 0.3) is 0 Å². The summed E-state index contributed by atoms with van der Waals surface area (Å²) >= 11 is 0. The van der Waals surface area contributed by atoms with Gasteiger partial charge >= 0.3 is 0 Å². The molecule has 0 amide bonds. The lowest BCUT2D eigenvalue weighted by Gasteiger charge is -2.08. The van der Waals surface area contributed by atoms with Crippen LogP contribution in [0.15, 0.2) is 65.7 Å². The molecule has 0 spiro atoms. The van der Waals surface area contributed by atoms with E-state index in [0.717, 1.165) is 16.6 Å². The Morgan fingerprint density at radius 1 is 1.00 bits per heavy atom. The molecule has 1 aromatic heterocycles. The van der Waals surface area contributed by atoms with Crippen LogP contribution >= 0.6 is 0 Å². The van der Waals surface area contributed by atoms with Crippen LogP contribution in [0.25, 0.3) is 16.6 Å². The van der Waals surface area contributed by atoms with Crippen molar-refractivity contribution in [2.24, 2.45) is 0 Å². The Morgan fingerprint density at radius 2 is 1.80 bits per heavy atom. The Morgan fingerprint density at radius 3 is 2.60 bits per heavy atom. The first-order valence-electron chi connectivity index (χ1n) is 6.22. The summed E-state index contributed by atoms with van der Waals surface area (Å²) in [7, 11) is -2.02. The summed E-state index contributed by atoms with van der Waals surface area (Å²) in [6, 6.07) is 16.9. The molecule has 0 radical (unpaired) electrons. The van der Waals surface area contributed by atoms with Crippen LogP contribution in [0.2, 0.25) is 0 Å². The summed E-state index contributed by atoms with van der Waals surface area (Å²) in [4.78, 5) is 0.260. The van der Waals surface area contributed by atoms with Gasteiger partial charge in [-0.3, -0.25) is 0 Å². The molecule has 5 heteroatoms. The molecule has 0 aliphatic carbocycles. The van der Waals surface area contributed by atoms with Crippen molar-refractivity contribution in [2.45, 2.75) is 4.90 Å². The van der Waals surface area contributed by atoms with E-state index in [9.17, 15) is 8.42 Å². The van der Waals surface area contributed by atoms with Crippen LogP contribution in [-0.2, 0) is 10.0 Å². The minimum absolute atomic E-state index is 0.260. The van der Waals surface area contributed by atoms with E-state index in [4.69, 9.17) is 0 Å². The lowest BCUT2D eigenvalue weighted by atomic mass is 10.2. The number of nitrogens with zero attached hydrogens (tertiary/aromatic N) is 1. The SMILES string of the molecule is CNS(=O)(=O)c1cccc(-n2ccc3ccccc32)c1. The average Bonchev–Trinajstić information content (AvgIpc) is 2.91. The Bertz CT molecular complexity index is 866. The summed E-state index contributed by atoms with van der Waals surface area (Å²) in [5, 5.41) is 1.12. The monoisotopic (exact) mass is 286 g/mol. The molecule has 0 aliphatic heterocycles. The molecular weight excluding hydrogens is 272 g/mol. The zero-order valence-corrected chi connectivity index (χ0v) is 11.8. The first-order valence-corrected chi connectivity index (χ1v) is 7.70. The normalized spacial score (nSPS) is 11.8. The number of rotatable bonds is 3. The van der Waals surface area contributed by atoms with E-state index >= 15 is 0 Å². The zero-order chi connectivity index (χ0) is 14.2. The van der Waals surface area contributed by atoms with Crippen molar-refractivity contribution in [3.05, 3.63) is 60.8 Å². The van der Waals surface area contributed by atoms with Crippen molar-refractivity contribution >= 4 is 20.9 Å². The van der Waals surface area contributed by atoms with Crippen LogP contribution in [-0.4, -0.2) is 20.0 Å². The maximum atomic E-state index is 11.9. The van der Waals surface area contributed by atoms with Gasteiger partial charge in [0.2, 0.25) is 10.0 Å². The van der Waals surface area contributed by atoms with E-state index in [-0.39, 0.29) is 4.90 Å². The molecule has 4 nitrogen and oxygen atoms in total. The summed E-state index contributed by atoms with van der Waals surface area (Å²) in [5.74, 6) is 0. The largest absolute Gasteiger partial charge is 0.317 e. The summed E-state index contributed by atoms with van der Waals surface area (Å²) < 4.78 is 28.0. The predicted molar refractivity (Wildman–Crippen MR) is 79.5 cm³/mol. The van der Waals surface area contributed by atoms with E-state index in [1.807, 2.05) is 47.2 Å². The third kappa shape index (κ3) is 2.11. The van der Waals surface area contributed by atoms with Crippen molar-refractivity contribution in [2.75, 3.05) is 7.05 Å². The third-order valence-electron chi connectivity index (χ3n) is 3.27. The second kappa shape index (κ2) is 4.77. The van der Waals surface area contributed by atoms with Gasteiger partial charge in [0.15, 0.2) is 0 Å². The minimum atomic E-state index is -3.43. The van der Waals surface area contributed by atoms with Crippen molar-refractivity contribution in [1.29, 1.82) is 0 Å². The third-order valence-corrected chi connectivity index (χ3v) is 4.69. The number of para-hydroxylation sites is 1. The lowest BCUT2D eigenvalue weighted by molar-refractivity contribution is 0.588. The fraction of sp³-hybridized carbons (Fsp3) is 0.0667. The van der Waals surface area contributed by atoms with Gasteiger partial charge in [-0.25, -0.2) is 13.1 Å². The molecule has 0 atom stereocenters. The number of fused-ring (bicyclic) bond motifs is 1. The predicted octanol–water partition coefficient (Wildman–Crippen LogP) is 2.54. The van der Waals surface area contributed by atoms with Crippen molar-refractivity contribution in [3.63, 3.8) is 0 Å². The van der Waals surface area contributed by atoms with Gasteiger partial charge < -0.3 is 4.57 Å². The Labute approximate surface area is 117 Å². The lowest BCUT2D eigenvalue weighted by Crippen LogP contribution is -2.18. The van der Waals surface area contributed by atoms with Gasteiger partial charge in [0, 0.05) is 11.9 Å². The van der Waals surface area contributed by atoms with Gasteiger partial charge in [0.05, 0.1) is 10.4 Å². The molecular formula is C15H14N2O2S. The Hall–Kier alpha value is -2.11. The maximum Gasteiger partial charge on any atom is 0.240 e. The van der Waals surface area contributed by atoms with Crippen LogP contribution in [0.3, 0.4) is 0 Å². The summed E-state index contributed by atoms with van der Waals surface area (Å²) in [5.41, 5.74) is 1.87. The maximum absolute atomic E-state index is 11.9. The quantitative estimate of drug-likeness (QED) is 0.804. The number of sulfonamides is 1. The first kappa shape index (κ1) is 12.9. The molecule has 0 saturated heterocycles. The Balaban J connectivity index is 2.18. The van der Waals surface area contributed by atoms with Gasteiger partial charge in [-0.05, 0) is 42.8 Å². The van der Waals surface area contributed by atoms with Gasteiger partial charge in [-0.15, -0.1) is 0 Å². The molecule has 20 heavy (non-hydrogen) atoms. The highest BCUT2D eigenvalue weighted by Gasteiger charge is 2.12. The molecule has 2 aromatic carbocycles. The van der Waals surface area contributed by atoms with Crippen LogP contribution in [0, 0.1) is 0 Å². The molecule has 0 unspecified atom stereocenters. The number of benzene rings is 2. The second-order valence-corrected chi connectivity index (χ2v) is 6.34. The Kier molecular flexibility index (Phi) is 3.08. The number of hydrogen-bond acceptors (Lipinski definition) is 2. The minimum Gasteiger partial charge on any atom is -0.317 e. The van der Waals surface area contributed by atoms with E-state index in [1.54, 1.807) is 18.2 Å². The van der Waals surface area contributed by atoms with Crippen LogP contribution in [0.1, 0.15) is 0 Å². The smallest absolute Gasteiger partial charge is 0.240 e. The first-order chi connectivity index (χ1) is 9.62. The molecule has 1 heterocycles. The highest BCUT2D eigenvalue weighted by atomic mass is 32.2. The highest BCUT2D eigenvalue weighted by Crippen LogP contribution is 2.22. The van der Waals surface area contributed by atoms with E-state index in [0.29, 0.717) is 0 Å². The standard InChI is InChI=1S/C15H14N2O2S/c1-16-20(18,19)14-7-4-6-13(11-14)17-10-9-12-5-2-3-8-15(12)17/h2-11,16H,1H3. The van der Waals surface area contributed by atoms with Gasteiger partial charge in [-0.1, -0.05) is 24.3 Å². The highest BCUT2D eigenvalue weighted by molar-refractivity contribution is 7.89. The number of hydrogen-bond donors (Lipinski definition) is 1. The van der Waals surface area contributed by atoms with Crippen molar-refractivity contribution < 1.29 is 8.42 Å². The second-order valence-electron chi connectivity index (χ2n) is 4.45. The average molecular weight is 286 g/mol. The van der Waals surface area contributed by atoms with Gasteiger partial charge in [-0.2, -0.15) is 0 Å². The molecule has 102 valence electrons. The number of nitrogens with one attached hydrogen (secondary N) is 1. The molecule has 3 rings (SSSR count). The van der Waals surface area contributed by atoms with Crippen LogP contribution < -0.4 is 4.72 Å². The van der Waals surface area contributed by atoms with E-state index in [1.165, 1.54) is 7.05 Å². The molecule has 0 fully saturated rings. The zero-order valence-electron chi connectivity index (χ0n) is 10.9. The number of aromatic nitrogens is 1. The molecule has 0 aliphatic rings.